The summed E-state index contributed by atoms with van der Waals surface area (Å²) in [5.41, 5.74) is 1.44. The fourth-order valence-corrected chi connectivity index (χ4v) is 3.71. The largest absolute Gasteiger partial charge is 0.453 e. The van der Waals surface area contributed by atoms with Gasteiger partial charge in [-0.05, 0) is 48.7 Å². The van der Waals surface area contributed by atoms with Crippen LogP contribution in [0, 0.1) is 0 Å². The number of hydrogen-bond acceptors (Lipinski definition) is 12. The van der Waals surface area contributed by atoms with Crippen molar-refractivity contribution in [1.82, 2.24) is 5.32 Å². The molecule has 1 aliphatic rings. The van der Waals surface area contributed by atoms with Crippen molar-refractivity contribution in [2.45, 2.75) is 45.1 Å². The number of hydrogen-bond donors (Lipinski definition) is 2. The van der Waals surface area contributed by atoms with Crippen LogP contribution in [-0.2, 0) is 44.5 Å². The van der Waals surface area contributed by atoms with Gasteiger partial charge in [0.2, 0.25) is 13.6 Å². The van der Waals surface area contributed by atoms with E-state index >= 15 is 0 Å². The Balaban J connectivity index is 1.67. The van der Waals surface area contributed by atoms with Crippen molar-refractivity contribution < 1.29 is 52.7 Å². The van der Waals surface area contributed by atoms with Gasteiger partial charge in [-0.2, -0.15) is 0 Å². The summed E-state index contributed by atoms with van der Waals surface area (Å²) < 4.78 is 29.9. The molecular formula is C26H28ClNO11. The minimum absolute atomic E-state index is 0.0459. The van der Waals surface area contributed by atoms with Crippen molar-refractivity contribution in [2.24, 2.45) is 0 Å². The zero-order chi connectivity index (χ0) is 28.6. The van der Waals surface area contributed by atoms with E-state index in [9.17, 15) is 24.3 Å². The zero-order valence-electron chi connectivity index (χ0n) is 21.4. The molecule has 3 rings (SSSR count). The highest BCUT2D eigenvalue weighted by Gasteiger charge is 2.60. The Labute approximate surface area is 229 Å². The molecule has 0 amide bonds. The summed E-state index contributed by atoms with van der Waals surface area (Å²) in [7, 11) is 0. The molecule has 0 aliphatic carbocycles. The number of esters is 4. The summed E-state index contributed by atoms with van der Waals surface area (Å²) >= 11 is 5.99. The molecule has 0 saturated heterocycles. The molecule has 0 saturated carbocycles. The lowest BCUT2D eigenvalue weighted by atomic mass is 10.1. The maximum absolute atomic E-state index is 12.8. The van der Waals surface area contributed by atoms with Crippen molar-refractivity contribution in [3.63, 3.8) is 0 Å². The lowest BCUT2D eigenvalue weighted by Crippen LogP contribution is -2.56. The Bertz CT molecular complexity index is 1190. The van der Waals surface area contributed by atoms with Crippen LogP contribution in [0.5, 0.6) is 11.5 Å². The number of nitrogens with one attached hydrogen (secondary N) is 1. The summed E-state index contributed by atoms with van der Waals surface area (Å²) in [5, 5.41) is 14.2. The van der Waals surface area contributed by atoms with Gasteiger partial charge in [-0.25, -0.2) is 9.59 Å². The molecule has 2 atom stereocenters. The SMILES string of the molecule is CC(=O)OCOC(=O)C1(C(=O)OCOC(C)=O)Oc2ccc(CC(C)NCC(O)c3cccc(Cl)c3)cc2O1. The molecule has 0 radical (unpaired) electrons. The summed E-state index contributed by atoms with van der Waals surface area (Å²) in [5.74, 6) is -6.76. The van der Waals surface area contributed by atoms with Crippen molar-refractivity contribution in [2.75, 3.05) is 20.1 Å². The molecule has 2 aromatic carbocycles. The Hall–Kier alpha value is -3.87. The van der Waals surface area contributed by atoms with Gasteiger partial charge < -0.3 is 38.8 Å². The summed E-state index contributed by atoms with van der Waals surface area (Å²) in [6.45, 7) is 2.79. The van der Waals surface area contributed by atoms with Gasteiger partial charge in [0.05, 0.1) is 6.10 Å². The molecule has 210 valence electrons. The van der Waals surface area contributed by atoms with Crippen LogP contribution in [0.4, 0.5) is 0 Å². The van der Waals surface area contributed by atoms with E-state index in [1.165, 1.54) is 6.07 Å². The van der Waals surface area contributed by atoms with Crippen LogP contribution in [0.15, 0.2) is 42.5 Å². The van der Waals surface area contributed by atoms with Crippen LogP contribution in [0.3, 0.4) is 0 Å². The lowest BCUT2D eigenvalue weighted by molar-refractivity contribution is -0.213. The minimum Gasteiger partial charge on any atom is -0.431 e. The Morgan fingerprint density at radius 3 is 2.13 bits per heavy atom. The first-order chi connectivity index (χ1) is 18.5. The van der Waals surface area contributed by atoms with Crippen LogP contribution >= 0.6 is 11.6 Å². The highest BCUT2D eigenvalue weighted by atomic mass is 35.5. The first-order valence-electron chi connectivity index (χ1n) is 11.8. The molecule has 0 fully saturated rings. The van der Waals surface area contributed by atoms with Crippen LogP contribution in [0.25, 0.3) is 0 Å². The Kier molecular flexibility index (Phi) is 10.1. The lowest BCUT2D eigenvalue weighted by Gasteiger charge is -2.22. The number of aliphatic hydroxyl groups excluding tert-OH is 1. The number of fused-ring (bicyclic) bond motifs is 1. The van der Waals surface area contributed by atoms with Gasteiger partial charge in [0.25, 0.3) is 0 Å². The number of aliphatic hydroxyl groups is 1. The normalized spacial score (nSPS) is 14.6. The molecular weight excluding hydrogens is 538 g/mol. The molecule has 1 aliphatic heterocycles. The quantitative estimate of drug-likeness (QED) is 0.220. The third-order valence-corrected chi connectivity index (χ3v) is 5.63. The average molecular weight is 566 g/mol. The molecule has 1 heterocycles. The summed E-state index contributed by atoms with van der Waals surface area (Å²) in [6, 6.07) is 11.6. The van der Waals surface area contributed by atoms with Crippen LogP contribution in [0.2, 0.25) is 5.02 Å². The standard InChI is InChI=1S/C26H28ClNO11/c1-15(28-12-21(31)19-5-4-6-20(27)11-19)9-18-7-8-22-23(10-18)39-26(38-22,24(32)36-13-34-16(2)29)25(33)37-14-35-17(3)30/h4-8,10-11,15,21,28,31H,9,12-14H2,1-3H3. The van der Waals surface area contributed by atoms with Gasteiger partial charge in [0, 0.05) is 31.5 Å². The molecule has 12 nitrogen and oxygen atoms in total. The van der Waals surface area contributed by atoms with E-state index in [1.54, 1.807) is 36.4 Å². The first kappa shape index (κ1) is 29.7. The molecule has 0 spiro atoms. The Morgan fingerprint density at radius 2 is 1.54 bits per heavy atom. The number of rotatable bonds is 12. The topological polar surface area (TPSA) is 156 Å². The van der Waals surface area contributed by atoms with E-state index in [4.69, 9.17) is 30.5 Å². The van der Waals surface area contributed by atoms with E-state index in [2.05, 4.69) is 14.8 Å². The van der Waals surface area contributed by atoms with Crippen molar-refractivity contribution in [1.29, 1.82) is 0 Å². The molecule has 2 unspecified atom stereocenters. The van der Waals surface area contributed by atoms with E-state index < -0.39 is 49.4 Å². The van der Waals surface area contributed by atoms with Gasteiger partial charge in [-0.15, -0.1) is 0 Å². The van der Waals surface area contributed by atoms with Crippen molar-refractivity contribution >= 4 is 35.5 Å². The Morgan fingerprint density at radius 1 is 0.923 bits per heavy atom. The molecule has 39 heavy (non-hydrogen) atoms. The average Bonchev–Trinajstić information content (AvgIpc) is 3.27. The fraction of sp³-hybridized carbons (Fsp3) is 0.385. The highest BCUT2D eigenvalue weighted by molar-refractivity contribution is 6.30. The van der Waals surface area contributed by atoms with Gasteiger partial charge in [-0.3, -0.25) is 9.59 Å². The van der Waals surface area contributed by atoms with Gasteiger partial charge in [-0.1, -0.05) is 29.8 Å². The molecule has 0 aromatic heterocycles. The maximum atomic E-state index is 12.8. The van der Waals surface area contributed by atoms with E-state index in [-0.39, 0.29) is 24.1 Å². The number of ether oxygens (including phenoxy) is 6. The van der Waals surface area contributed by atoms with Crippen LogP contribution in [-0.4, -0.2) is 60.9 Å². The van der Waals surface area contributed by atoms with Gasteiger partial charge in [0.1, 0.15) is 0 Å². The predicted octanol–water partition coefficient (Wildman–Crippen LogP) is 2.19. The second-order valence-corrected chi connectivity index (χ2v) is 8.99. The minimum atomic E-state index is -2.72. The van der Waals surface area contributed by atoms with E-state index in [0.29, 0.717) is 17.0 Å². The van der Waals surface area contributed by atoms with Gasteiger partial charge in [0.15, 0.2) is 11.5 Å². The smallest absolute Gasteiger partial charge is 0.431 e. The van der Waals surface area contributed by atoms with Crippen molar-refractivity contribution in [3.05, 3.63) is 58.6 Å². The second-order valence-electron chi connectivity index (χ2n) is 8.56. The van der Waals surface area contributed by atoms with Gasteiger partial charge >= 0.3 is 29.7 Å². The maximum Gasteiger partial charge on any atom is 0.453 e. The van der Waals surface area contributed by atoms with Crippen LogP contribution in [0.1, 0.15) is 38.0 Å². The molecule has 2 aromatic rings. The predicted molar refractivity (Wildman–Crippen MR) is 133 cm³/mol. The molecule has 0 bridgehead atoms. The highest BCUT2D eigenvalue weighted by Crippen LogP contribution is 2.41. The first-order valence-corrected chi connectivity index (χ1v) is 12.2. The molecule has 13 heteroatoms. The third-order valence-electron chi connectivity index (χ3n) is 5.39. The number of carbonyl (C=O) groups excluding carboxylic acids is 4. The second kappa shape index (κ2) is 13.3. The third kappa shape index (κ3) is 8.06. The van der Waals surface area contributed by atoms with Crippen LogP contribution < -0.4 is 14.8 Å². The summed E-state index contributed by atoms with van der Waals surface area (Å²) in [6.07, 6.45) is -0.279. The number of halogens is 1. The zero-order valence-corrected chi connectivity index (χ0v) is 22.2. The molecule has 2 N–H and O–H groups in total. The summed E-state index contributed by atoms with van der Waals surface area (Å²) in [4.78, 5) is 47.6. The monoisotopic (exact) mass is 565 g/mol. The number of benzene rings is 2. The van der Waals surface area contributed by atoms with E-state index in [0.717, 1.165) is 19.4 Å². The number of carbonyl (C=O) groups is 4. The fourth-order valence-electron chi connectivity index (χ4n) is 3.52. The van der Waals surface area contributed by atoms with Crippen molar-refractivity contribution in [3.8, 4) is 11.5 Å². The van der Waals surface area contributed by atoms with E-state index in [1.807, 2.05) is 6.92 Å².